The smallest absolute Gasteiger partial charge is 0.260 e. The van der Waals surface area contributed by atoms with E-state index < -0.39 is 5.91 Å². The van der Waals surface area contributed by atoms with Crippen molar-refractivity contribution in [3.8, 4) is 5.75 Å². The first-order chi connectivity index (χ1) is 11.1. The summed E-state index contributed by atoms with van der Waals surface area (Å²) in [6.07, 6.45) is 2.07. The number of halogens is 1. The van der Waals surface area contributed by atoms with Crippen LogP contribution in [0.3, 0.4) is 0 Å². The zero-order chi connectivity index (χ0) is 16.7. The van der Waals surface area contributed by atoms with Gasteiger partial charge in [-0.15, -0.1) is 12.4 Å². The molecule has 0 saturated carbocycles. The zero-order valence-corrected chi connectivity index (χ0v) is 14.8. The molecule has 24 heavy (non-hydrogen) atoms. The van der Waals surface area contributed by atoms with Crippen LogP contribution in [-0.4, -0.2) is 49.5 Å². The molecule has 134 valence electrons. The molecule has 0 bridgehead atoms. The molecule has 1 fully saturated rings. The molecule has 6 nitrogen and oxygen atoms in total. The second kappa shape index (κ2) is 10.2. The standard InChI is InChI=1S/C17H25N3O3.ClH/c1-2-19-11-13-7-9-20(10-8-13)16(21)12-23-15-5-3-14(4-6-15)17(18)22;/h3-6,13,19H,2,7-12H2,1H3,(H2,18,22);1H. The lowest BCUT2D eigenvalue weighted by Crippen LogP contribution is -2.42. The van der Waals surface area contributed by atoms with Crippen molar-refractivity contribution in [1.29, 1.82) is 0 Å². The summed E-state index contributed by atoms with van der Waals surface area (Å²) in [6, 6.07) is 6.48. The molecule has 3 N–H and O–H groups in total. The van der Waals surface area contributed by atoms with E-state index in [1.54, 1.807) is 24.3 Å². The summed E-state index contributed by atoms with van der Waals surface area (Å²) < 4.78 is 5.49. The first kappa shape index (κ1) is 20.3. The van der Waals surface area contributed by atoms with Gasteiger partial charge in [-0.1, -0.05) is 6.92 Å². The largest absolute Gasteiger partial charge is 0.484 e. The summed E-state index contributed by atoms with van der Waals surface area (Å²) in [7, 11) is 0. The van der Waals surface area contributed by atoms with Crippen LogP contribution in [0.15, 0.2) is 24.3 Å². The Morgan fingerprint density at radius 2 is 1.88 bits per heavy atom. The minimum atomic E-state index is -0.479. The molecule has 2 amide bonds. The molecule has 1 aliphatic heterocycles. The Morgan fingerprint density at radius 3 is 2.42 bits per heavy atom. The van der Waals surface area contributed by atoms with Crippen LogP contribution in [0.5, 0.6) is 5.75 Å². The van der Waals surface area contributed by atoms with Crippen molar-refractivity contribution in [1.82, 2.24) is 10.2 Å². The summed E-state index contributed by atoms with van der Waals surface area (Å²) in [5, 5.41) is 3.36. The van der Waals surface area contributed by atoms with E-state index in [0.717, 1.165) is 39.0 Å². The van der Waals surface area contributed by atoms with Crippen molar-refractivity contribution >= 4 is 24.2 Å². The number of hydrogen-bond acceptors (Lipinski definition) is 4. The van der Waals surface area contributed by atoms with Gasteiger partial charge in [0.1, 0.15) is 5.75 Å². The number of nitrogens with two attached hydrogens (primary N) is 1. The van der Waals surface area contributed by atoms with E-state index in [9.17, 15) is 9.59 Å². The Morgan fingerprint density at radius 1 is 1.25 bits per heavy atom. The van der Waals surface area contributed by atoms with E-state index in [4.69, 9.17) is 10.5 Å². The maximum atomic E-state index is 12.2. The highest BCUT2D eigenvalue weighted by molar-refractivity contribution is 5.92. The van der Waals surface area contributed by atoms with Crippen LogP contribution in [0.2, 0.25) is 0 Å². The molecule has 0 spiro atoms. The fraction of sp³-hybridized carbons (Fsp3) is 0.529. The Kier molecular flexibility index (Phi) is 8.57. The maximum Gasteiger partial charge on any atom is 0.260 e. The lowest BCUT2D eigenvalue weighted by molar-refractivity contribution is -0.134. The summed E-state index contributed by atoms with van der Waals surface area (Å²) in [5.41, 5.74) is 5.60. The quantitative estimate of drug-likeness (QED) is 0.775. The molecule has 1 aromatic carbocycles. The van der Waals surface area contributed by atoms with Crippen molar-refractivity contribution in [2.45, 2.75) is 19.8 Å². The topological polar surface area (TPSA) is 84.7 Å². The minimum absolute atomic E-state index is 0. The normalized spacial score (nSPS) is 14.8. The van der Waals surface area contributed by atoms with Crippen LogP contribution in [0, 0.1) is 5.92 Å². The van der Waals surface area contributed by atoms with Gasteiger partial charge in [0.25, 0.3) is 5.91 Å². The lowest BCUT2D eigenvalue weighted by atomic mass is 9.97. The molecule has 1 heterocycles. The van der Waals surface area contributed by atoms with Crippen LogP contribution in [0.1, 0.15) is 30.1 Å². The first-order valence-electron chi connectivity index (χ1n) is 8.11. The van der Waals surface area contributed by atoms with Gasteiger partial charge in [-0.05, 0) is 56.1 Å². The highest BCUT2D eigenvalue weighted by Crippen LogP contribution is 2.17. The van der Waals surface area contributed by atoms with Crippen LogP contribution in [-0.2, 0) is 4.79 Å². The maximum absolute atomic E-state index is 12.2. The summed E-state index contributed by atoms with van der Waals surface area (Å²) >= 11 is 0. The van der Waals surface area contributed by atoms with Crippen molar-refractivity contribution in [2.24, 2.45) is 11.7 Å². The number of piperidine rings is 1. The number of likely N-dealkylation sites (tertiary alicyclic amines) is 1. The molecule has 1 aromatic rings. The fourth-order valence-electron chi connectivity index (χ4n) is 2.69. The van der Waals surface area contributed by atoms with Gasteiger partial charge in [0.2, 0.25) is 5.91 Å². The molecule has 7 heteroatoms. The number of hydrogen-bond donors (Lipinski definition) is 2. The highest BCUT2D eigenvalue weighted by Gasteiger charge is 2.22. The Balaban J connectivity index is 0.00000288. The molecule has 0 radical (unpaired) electrons. The summed E-state index contributed by atoms with van der Waals surface area (Å²) in [4.78, 5) is 25.0. The van der Waals surface area contributed by atoms with Crippen molar-refractivity contribution < 1.29 is 14.3 Å². The second-order valence-electron chi connectivity index (χ2n) is 5.81. The van der Waals surface area contributed by atoms with E-state index in [2.05, 4.69) is 12.2 Å². The van der Waals surface area contributed by atoms with E-state index in [-0.39, 0.29) is 24.9 Å². The van der Waals surface area contributed by atoms with Crippen molar-refractivity contribution in [2.75, 3.05) is 32.8 Å². The number of benzene rings is 1. The number of primary amides is 1. The predicted molar refractivity (Wildman–Crippen MR) is 95.6 cm³/mol. The average molecular weight is 356 g/mol. The van der Waals surface area contributed by atoms with Gasteiger partial charge in [0, 0.05) is 18.7 Å². The third-order valence-electron chi connectivity index (χ3n) is 4.15. The third kappa shape index (κ3) is 6.02. The molecule has 1 saturated heterocycles. The third-order valence-corrected chi connectivity index (χ3v) is 4.15. The molecule has 0 aromatic heterocycles. The van der Waals surface area contributed by atoms with Gasteiger partial charge in [-0.25, -0.2) is 0 Å². The Hall–Kier alpha value is -1.79. The van der Waals surface area contributed by atoms with Crippen LogP contribution < -0.4 is 15.8 Å². The fourth-order valence-corrected chi connectivity index (χ4v) is 2.69. The monoisotopic (exact) mass is 355 g/mol. The van der Waals surface area contributed by atoms with E-state index in [1.807, 2.05) is 4.90 Å². The van der Waals surface area contributed by atoms with E-state index in [1.165, 1.54) is 0 Å². The van der Waals surface area contributed by atoms with Gasteiger partial charge in [0.05, 0.1) is 0 Å². The number of carbonyl (C=O) groups excluding carboxylic acids is 2. The Bertz CT molecular complexity index is 528. The summed E-state index contributed by atoms with van der Waals surface area (Å²) in [5.74, 6) is 0.741. The van der Waals surface area contributed by atoms with E-state index in [0.29, 0.717) is 17.2 Å². The molecular weight excluding hydrogens is 330 g/mol. The molecule has 0 atom stereocenters. The SMILES string of the molecule is CCNCC1CCN(C(=O)COc2ccc(C(N)=O)cc2)CC1.Cl. The van der Waals surface area contributed by atoms with Crippen molar-refractivity contribution in [3.63, 3.8) is 0 Å². The molecule has 1 aliphatic rings. The van der Waals surface area contributed by atoms with Crippen LogP contribution >= 0.6 is 12.4 Å². The van der Waals surface area contributed by atoms with Gasteiger partial charge >= 0.3 is 0 Å². The predicted octanol–water partition coefficient (Wildman–Crippen LogP) is 1.43. The number of nitrogens with zero attached hydrogens (tertiary/aromatic N) is 1. The zero-order valence-electron chi connectivity index (χ0n) is 14.0. The van der Waals surface area contributed by atoms with Gasteiger partial charge in [-0.3, -0.25) is 9.59 Å². The number of ether oxygens (including phenoxy) is 1. The number of carbonyl (C=O) groups is 2. The lowest BCUT2D eigenvalue weighted by Gasteiger charge is -2.32. The molecule has 0 aliphatic carbocycles. The van der Waals surface area contributed by atoms with Gasteiger partial charge < -0.3 is 20.7 Å². The Labute approximate surface area is 149 Å². The molecule has 2 rings (SSSR count). The number of amides is 2. The highest BCUT2D eigenvalue weighted by atomic mass is 35.5. The first-order valence-corrected chi connectivity index (χ1v) is 8.11. The minimum Gasteiger partial charge on any atom is -0.484 e. The van der Waals surface area contributed by atoms with Crippen LogP contribution in [0.25, 0.3) is 0 Å². The van der Waals surface area contributed by atoms with Gasteiger partial charge in [0.15, 0.2) is 6.61 Å². The second-order valence-corrected chi connectivity index (χ2v) is 5.81. The van der Waals surface area contributed by atoms with Crippen LogP contribution in [0.4, 0.5) is 0 Å². The van der Waals surface area contributed by atoms with Gasteiger partial charge in [-0.2, -0.15) is 0 Å². The average Bonchev–Trinajstić information content (AvgIpc) is 2.58. The van der Waals surface area contributed by atoms with Crippen molar-refractivity contribution in [3.05, 3.63) is 29.8 Å². The number of rotatable bonds is 7. The number of nitrogens with one attached hydrogen (secondary N) is 1. The van der Waals surface area contributed by atoms with E-state index >= 15 is 0 Å². The summed E-state index contributed by atoms with van der Waals surface area (Å²) in [6.45, 7) is 5.72. The molecule has 0 unspecified atom stereocenters. The molecular formula is C17H26ClN3O3.